The molecule has 0 aliphatic carbocycles. The van der Waals surface area contributed by atoms with Crippen molar-refractivity contribution in [3.8, 4) is 5.75 Å². The summed E-state index contributed by atoms with van der Waals surface area (Å²) >= 11 is 6.09. The molecule has 1 fully saturated rings. The van der Waals surface area contributed by atoms with Crippen LogP contribution in [0.15, 0.2) is 41.3 Å². The average molecular weight is 439 g/mol. The molecule has 0 radical (unpaired) electrons. The van der Waals surface area contributed by atoms with Crippen LogP contribution < -0.4 is 5.32 Å². The fraction of sp³-hybridized carbons (Fsp3) is 0.263. The molecule has 0 aromatic heterocycles. The number of phenols is 1. The minimum atomic E-state index is -3.75. The monoisotopic (exact) mass is 438 g/mol. The zero-order valence-corrected chi connectivity index (χ0v) is 16.8. The normalized spacial score (nSPS) is 15.1. The van der Waals surface area contributed by atoms with Crippen molar-refractivity contribution in [3.05, 3.63) is 52.5 Å². The molecule has 1 heterocycles. The van der Waals surface area contributed by atoms with Gasteiger partial charge in [0.25, 0.3) is 5.91 Å². The van der Waals surface area contributed by atoms with Crippen molar-refractivity contribution in [2.75, 3.05) is 18.4 Å². The fourth-order valence-electron chi connectivity index (χ4n) is 3.05. The Hall–Kier alpha value is -2.62. The number of carboxylic acids is 1. The highest BCUT2D eigenvalue weighted by Gasteiger charge is 2.27. The minimum Gasteiger partial charge on any atom is -0.506 e. The van der Waals surface area contributed by atoms with Crippen molar-refractivity contribution < 1.29 is 28.2 Å². The Morgan fingerprint density at radius 2 is 1.72 bits per heavy atom. The second kappa shape index (κ2) is 8.40. The van der Waals surface area contributed by atoms with Gasteiger partial charge in [-0.3, -0.25) is 4.79 Å². The Kier molecular flexibility index (Phi) is 6.11. The first-order valence-electron chi connectivity index (χ1n) is 8.87. The molecule has 10 heteroatoms. The molecule has 154 valence electrons. The van der Waals surface area contributed by atoms with Crippen molar-refractivity contribution in [2.24, 2.45) is 0 Å². The molecule has 0 unspecified atom stereocenters. The van der Waals surface area contributed by atoms with Crippen molar-refractivity contribution in [3.63, 3.8) is 0 Å². The molecule has 3 rings (SSSR count). The van der Waals surface area contributed by atoms with E-state index in [1.165, 1.54) is 34.6 Å². The van der Waals surface area contributed by atoms with E-state index in [1.54, 1.807) is 0 Å². The number of halogens is 1. The molecule has 0 bridgehead atoms. The van der Waals surface area contributed by atoms with E-state index in [4.69, 9.17) is 16.7 Å². The molecular formula is C19H19ClN2O6S. The third-order valence-corrected chi connectivity index (χ3v) is 6.85. The van der Waals surface area contributed by atoms with Crippen LogP contribution in [0.2, 0.25) is 5.02 Å². The number of piperidine rings is 1. The lowest BCUT2D eigenvalue weighted by Gasteiger charge is -2.26. The third kappa shape index (κ3) is 4.52. The summed E-state index contributed by atoms with van der Waals surface area (Å²) in [5, 5.41) is 21.3. The molecule has 0 atom stereocenters. The van der Waals surface area contributed by atoms with Crippen LogP contribution in [0.4, 0.5) is 5.69 Å². The second-order valence-corrected chi connectivity index (χ2v) is 8.94. The van der Waals surface area contributed by atoms with Gasteiger partial charge in [0.15, 0.2) is 0 Å². The number of carboxylic acid groups (broad SMARTS) is 1. The summed E-state index contributed by atoms with van der Waals surface area (Å²) in [5.74, 6) is -2.40. The summed E-state index contributed by atoms with van der Waals surface area (Å²) in [4.78, 5) is 23.5. The van der Waals surface area contributed by atoms with Crippen LogP contribution in [0.3, 0.4) is 0 Å². The van der Waals surface area contributed by atoms with E-state index < -0.39 is 27.6 Å². The number of sulfonamides is 1. The highest BCUT2D eigenvalue weighted by Crippen LogP contribution is 2.28. The van der Waals surface area contributed by atoms with Gasteiger partial charge in [-0.25, -0.2) is 13.2 Å². The summed E-state index contributed by atoms with van der Waals surface area (Å²) in [7, 11) is -3.75. The highest BCUT2D eigenvalue weighted by atomic mass is 35.5. The predicted octanol–water partition coefficient (Wildman–Crippen LogP) is 3.17. The van der Waals surface area contributed by atoms with E-state index >= 15 is 0 Å². The van der Waals surface area contributed by atoms with E-state index in [9.17, 15) is 23.1 Å². The smallest absolute Gasteiger partial charge is 0.335 e. The summed E-state index contributed by atoms with van der Waals surface area (Å²) in [5.41, 5.74) is -0.250. The SMILES string of the molecule is O=C(O)c1ccc(NC(=O)c2cc(S(=O)(=O)N3CCCCC3)ccc2Cl)c(O)c1. The van der Waals surface area contributed by atoms with Gasteiger partial charge in [-0.15, -0.1) is 0 Å². The van der Waals surface area contributed by atoms with Gasteiger partial charge in [-0.1, -0.05) is 18.0 Å². The summed E-state index contributed by atoms with van der Waals surface area (Å²) < 4.78 is 27.1. The van der Waals surface area contributed by atoms with Crippen LogP contribution in [-0.4, -0.2) is 47.9 Å². The molecule has 0 saturated carbocycles. The average Bonchev–Trinajstić information content (AvgIpc) is 2.70. The maximum absolute atomic E-state index is 12.8. The van der Waals surface area contributed by atoms with Gasteiger partial charge in [-0.2, -0.15) is 4.31 Å². The summed E-state index contributed by atoms with van der Waals surface area (Å²) in [6.07, 6.45) is 2.54. The lowest BCUT2D eigenvalue weighted by molar-refractivity contribution is 0.0696. The Bertz CT molecular complexity index is 1060. The number of aromatic carboxylic acids is 1. The van der Waals surface area contributed by atoms with Crippen LogP contribution in [-0.2, 0) is 10.0 Å². The fourth-order valence-corrected chi connectivity index (χ4v) is 4.80. The number of carbonyl (C=O) groups is 2. The lowest BCUT2D eigenvalue weighted by Crippen LogP contribution is -2.35. The Morgan fingerprint density at radius 3 is 2.34 bits per heavy atom. The van der Waals surface area contributed by atoms with Crippen LogP contribution in [0.5, 0.6) is 5.75 Å². The Balaban J connectivity index is 1.88. The van der Waals surface area contributed by atoms with E-state index in [2.05, 4.69) is 5.32 Å². The first-order valence-corrected chi connectivity index (χ1v) is 10.7. The van der Waals surface area contributed by atoms with Crippen molar-refractivity contribution in [1.29, 1.82) is 0 Å². The van der Waals surface area contributed by atoms with Gasteiger partial charge in [0, 0.05) is 13.1 Å². The number of rotatable bonds is 5. The third-order valence-electron chi connectivity index (χ3n) is 4.63. The van der Waals surface area contributed by atoms with E-state index in [0.717, 1.165) is 25.3 Å². The number of hydrogen-bond donors (Lipinski definition) is 3. The Labute approximate surface area is 172 Å². The van der Waals surface area contributed by atoms with Crippen molar-refractivity contribution >= 4 is 39.2 Å². The van der Waals surface area contributed by atoms with Crippen LogP contribution in [0.1, 0.15) is 40.0 Å². The van der Waals surface area contributed by atoms with Crippen molar-refractivity contribution in [2.45, 2.75) is 24.2 Å². The number of phenolic OH excluding ortho intramolecular Hbond substituents is 1. The molecule has 3 N–H and O–H groups in total. The maximum Gasteiger partial charge on any atom is 0.335 e. The van der Waals surface area contributed by atoms with Crippen LogP contribution in [0, 0.1) is 0 Å². The molecule has 1 amide bonds. The standard InChI is InChI=1S/C19H19ClN2O6S/c20-15-6-5-13(29(27,28)22-8-2-1-3-9-22)11-14(15)18(24)21-16-7-4-12(19(25)26)10-17(16)23/h4-7,10-11,23H,1-3,8-9H2,(H,21,24)(H,25,26). The van der Waals surface area contributed by atoms with E-state index in [1.807, 2.05) is 0 Å². The second-order valence-electron chi connectivity index (χ2n) is 6.60. The molecule has 8 nitrogen and oxygen atoms in total. The van der Waals surface area contributed by atoms with Gasteiger partial charge in [-0.05, 0) is 49.2 Å². The van der Waals surface area contributed by atoms with Crippen LogP contribution in [0.25, 0.3) is 0 Å². The largest absolute Gasteiger partial charge is 0.506 e. The number of nitrogens with zero attached hydrogens (tertiary/aromatic N) is 1. The number of hydrogen-bond acceptors (Lipinski definition) is 5. The van der Waals surface area contributed by atoms with Gasteiger partial charge in [0.2, 0.25) is 10.0 Å². The predicted molar refractivity (Wildman–Crippen MR) is 107 cm³/mol. The van der Waals surface area contributed by atoms with E-state index in [0.29, 0.717) is 13.1 Å². The summed E-state index contributed by atoms with van der Waals surface area (Å²) in [6.45, 7) is 0.854. The zero-order valence-electron chi connectivity index (χ0n) is 15.3. The molecule has 2 aromatic rings. The van der Waals surface area contributed by atoms with Gasteiger partial charge in [0.1, 0.15) is 5.75 Å². The Morgan fingerprint density at radius 1 is 1.03 bits per heavy atom. The lowest BCUT2D eigenvalue weighted by atomic mass is 10.1. The molecular weight excluding hydrogens is 420 g/mol. The number of nitrogens with one attached hydrogen (secondary N) is 1. The highest BCUT2D eigenvalue weighted by molar-refractivity contribution is 7.89. The number of carbonyl (C=O) groups excluding carboxylic acids is 1. The van der Waals surface area contributed by atoms with Gasteiger partial charge in [0.05, 0.1) is 26.7 Å². The molecule has 1 saturated heterocycles. The maximum atomic E-state index is 12.8. The van der Waals surface area contributed by atoms with Crippen LogP contribution >= 0.6 is 11.6 Å². The molecule has 1 aliphatic heterocycles. The summed E-state index contributed by atoms with van der Waals surface area (Å²) in [6, 6.07) is 7.33. The van der Waals surface area contributed by atoms with Gasteiger partial charge >= 0.3 is 5.97 Å². The molecule has 0 spiro atoms. The molecule has 2 aromatic carbocycles. The first kappa shape index (κ1) is 21.1. The van der Waals surface area contributed by atoms with E-state index in [-0.39, 0.29) is 26.7 Å². The quantitative estimate of drug-likeness (QED) is 0.616. The minimum absolute atomic E-state index is 0.0274. The number of anilines is 1. The number of amides is 1. The van der Waals surface area contributed by atoms with Gasteiger partial charge < -0.3 is 15.5 Å². The number of benzene rings is 2. The van der Waals surface area contributed by atoms with Crippen molar-refractivity contribution in [1.82, 2.24) is 4.31 Å². The molecule has 1 aliphatic rings. The topological polar surface area (TPSA) is 124 Å². The number of aromatic hydroxyl groups is 1. The zero-order chi connectivity index (χ0) is 21.2. The molecule has 29 heavy (non-hydrogen) atoms. The first-order chi connectivity index (χ1) is 13.7.